The molecule has 2 atom stereocenters. The number of rotatable bonds is 2. The summed E-state index contributed by atoms with van der Waals surface area (Å²) in [5.41, 5.74) is 6.68. The summed E-state index contributed by atoms with van der Waals surface area (Å²) in [7, 11) is 1.86. The van der Waals surface area contributed by atoms with Gasteiger partial charge in [-0.15, -0.1) is 0 Å². The fourth-order valence-corrected chi connectivity index (χ4v) is 2.55. The van der Waals surface area contributed by atoms with Gasteiger partial charge in [0.1, 0.15) is 5.69 Å². The third-order valence-corrected chi connectivity index (χ3v) is 3.89. The lowest BCUT2D eigenvalue weighted by Crippen LogP contribution is -2.38. The highest BCUT2D eigenvalue weighted by Gasteiger charge is 2.42. The van der Waals surface area contributed by atoms with Crippen LogP contribution < -0.4 is 5.73 Å². The molecule has 1 saturated carbocycles. The molecule has 3 rings (SSSR count). The molecule has 0 aromatic carbocycles. The highest BCUT2D eigenvalue weighted by atomic mass is 16.5. The van der Waals surface area contributed by atoms with Gasteiger partial charge in [0.15, 0.2) is 0 Å². The third-order valence-electron chi connectivity index (χ3n) is 3.89. The molecule has 0 radical (unpaired) electrons. The first kappa shape index (κ1) is 11.4. The van der Waals surface area contributed by atoms with E-state index in [4.69, 9.17) is 10.3 Å². The van der Waals surface area contributed by atoms with Crippen molar-refractivity contribution in [2.75, 3.05) is 0 Å². The maximum Gasteiger partial charge on any atom is 0.234 e. The third kappa shape index (κ3) is 1.64. The minimum Gasteiger partial charge on any atom is -0.338 e. The molecule has 6 heteroatoms. The van der Waals surface area contributed by atoms with Crippen LogP contribution in [0.2, 0.25) is 0 Å². The Morgan fingerprint density at radius 3 is 3.00 bits per heavy atom. The topological polar surface area (TPSA) is 82.8 Å². The summed E-state index contributed by atoms with van der Waals surface area (Å²) >= 11 is 0. The monoisotopic (exact) mass is 247 g/mol. The van der Waals surface area contributed by atoms with E-state index >= 15 is 0 Å². The molecule has 0 bridgehead atoms. The first-order valence-corrected chi connectivity index (χ1v) is 6.19. The van der Waals surface area contributed by atoms with Gasteiger partial charge in [-0.1, -0.05) is 11.6 Å². The van der Waals surface area contributed by atoms with Gasteiger partial charge < -0.3 is 10.3 Å². The largest absolute Gasteiger partial charge is 0.338 e. The maximum atomic E-state index is 6.15. The van der Waals surface area contributed by atoms with E-state index < -0.39 is 0 Å². The Kier molecular flexibility index (Phi) is 2.48. The van der Waals surface area contributed by atoms with Gasteiger partial charge in [0.05, 0.1) is 5.41 Å². The van der Waals surface area contributed by atoms with Crippen LogP contribution in [-0.2, 0) is 12.5 Å². The Morgan fingerprint density at radius 2 is 2.39 bits per heavy atom. The summed E-state index contributed by atoms with van der Waals surface area (Å²) in [6.45, 7) is 2.10. The zero-order chi connectivity index (χ0) is 12.8. The summed E-state index contributed by atoms with van der Waals surface area (Å²) in [4.78, 5) is 4.46. The SMILES string of the molecule is Cn1ccc(-c2noc(C3(C)CCCC3N)n2)n1. The fourth-order valence-electron chi connectivity index (χ4n) is 2.55. The van der Waals surface area contributed by atoms with E-state index in [1.54, 1.807) is 4.68 Å². The van der Waals surface area contributed by atoms with Gasteiger partial charge in [-0.2, -0.15) is 10.1 Å². The lowest BCUT2D eigenvalue weighted by atomic mass is 9.85. The highest BCUT2D eigenvalue weighted by molar-refractivity contribution is 5.47. The van der Waals surface area contributed by atoms with Crippen molar-refractivity contribution >= 4 is 0 Å². The molecular weight excluding hydrogens is 230 g/mol. The van der Waals surface area contributed by atoms with Crippen LogP contribution in [0.1, 0.15) is 32.1 Å². The van der Waals surface area contributed by atoms with E-state index in [0.29, 0.717) is 11.7 Å². The summed E-state index contributed by atoms with van der Waals surface area (Å²) in [5.74, 6) is 1.17. The van der Waals surface area contributed by atoms with E-state index in [9.17, 15) is 0 Å². The normalized spacial score (nSPS) is 27.8. The average molecular weight is 247 g/mol. The van der Waals surface area contributed by atoms with Gasteiger partial charge in [-0.25, -0.2) is 0 Å². The molecule has 1 aliphatic carbocycles. The summed E-state index contributed by atoms with van der Waals surface area (Å²) in [6, 6.07) is 1.96. The molecule has 2 unspecified atom stereocenters. The van der Waals surface area contributed by atoms with Crippen molar-refractivity contribution in [1.82, 2.24) is 19.9 Å². The van der Waals surface area contributed by atoms with E-state index in [0.717, 1.165) is 25.0 Å². The van der Waals surface area contributed by atoms with Crippen molar-refractivity contribution in [1.29, 1.82) is 0 Å². The predicted molar refractivity (Wildman–Crippen MR) is 65.7 cm³/mol. The summed E-state index contributed by atoms with van der Waals surface area (Å²) in [6.07, 6.45) is 4.98. The molecule has 96 valence electrons. The van der Waals surface area contributed by atoms with Crippen LogP contribution in [0.4, 0.5) is 0 Å². The van der Waals surface area contributed by atoms with Crippen molar-refractivity contribution in [3.63, 3.8) is 0 Å². The van der Waals surface area contributed by atoms with E-state index in [2.05, 4.69) is 22.2 Å². The number of hydrogen-bond acceptors (Lipinski definition) is 5. The molecule has 1 fully saturated rings. The molecule has 2 aromatic heterocycles. The predicted octanol–water partition coefficient (Wildman–Crippen LogP) is 1.24. The Hall–Kier alpha value is -1.69. The molecule has 0 aliphatic heterocycles. The number of aromatic nitrogens is 4. The van der Waals surface area contributed by atoms with Crippen LogP contribution in [0.15, 0.2) is 16.8 Å². The first-order chi connectivity index (χ1) is 8.59. The average Bonchev–Trinajstić information content (AvgIpc) is 3.01. The molecule has 2 aromatic rings. The fraction of sp³-hybridized carbons (Fsp3) is 0.583. The second-order valence-electron chi connectivity index (χ2n) is 5.21. The zero-order valence-electron chi connectivity index (χ0n) is 10.6. The zero-order valence-corrected chi connectivity index (χ0v) is 10.6. The Bertz CT molecular complexity index is 560. The van der Waals surface area contributed by atoms with Crippen LogP contribution in [0.3, 0.4) is 0 Å². The Labute approximate surface area is 105 Å². The van der Waals surface area contributed by atoms with Crippen molar-refractivity contribution in [3.8, 4) is 11.5 Å². The van der Waals surface area contributed by atoms with Crippen LogP contribution in [0.25, 0.3) is 11.5 Å². The van der Waals surface area contributed by atoms with Crippen molar-refractivity contribution < 1.29 is 4.52 Å². The summed E-state index contributed by atoms with van der Waals surface area (Å²) in [5, 5.41) is 8.27. The molecule has 18 heavy (non-hydrogen) atoms. The minimum atomic E-state index is -0.194. The summed E-state index contributed by atoms with van der Waals surface area (Å²) < 4.78 is 7.11. The van der Waals surface area contributed by atoms with Crippen molar-refractivity contribution in [2.24, 2.45) is 12.8 Å². The first-order valence-electron chi connectivity index (χ1n) is 6.19. The van der Waals surface area contributed by atoms with Crippen LogP contribution in [0, 0.1) is 0 Å². The molecule has 0 saturated heterocycles. The highest BCUT2D eigenvalue weighted by Crippen LogP contribution is 2.39. The Balaban J connectivity index is 1.94. The van der Waals surface area contributed by atoms with Gasteiger partial charge in [0.2, 0.25) is 11.7 Å². The maximum absolute atomic E-state index is 6.15. The quantitative estimate of drug-likeness (QED) is 0.863. The number of nitrogens with zero attached hydrogens (tertiary/aromatic N) is 4. The van der Waals surface area contributed by atoms with Crippen LogP contribution in [-0.4, -0.2) is 26.0 Å². The molecule has 0 amide bonds. The Morgan fingerprint density at radius 1 is 1.56 bits per heavy atom. The van der Waals surface area contributed by atoms with E-state index in [1.807, 2.05) is 19.3 Å². The molecule has 6 nitrogen and oxygen atoms in total. The number of hydrogen-bond donors (Lipinski definition) is 1. The van der Waals surface area contributed by atoms with Crippen molar-refractivity contribution in [2.45, 2.75) is 37.6 Å². The lowest BCUT2D eigenvalue weighted by molar-refractivity contribution is 0.278. The molecule has 0 spiro atoms. The van der Waals surface area contributed by atoms with Crippen molar-refractivity contribution in [3.05, 3.63) is 18.2 Å². The second-order valence-corrected chi connectivity index (χ2v) is 5.21. The molecule has 2 heterocycles. The standard InChI is InChI=1S/C12H17N5O/c1-12(6-3-4-9(12)13)11-14-10(16-18-11)8-5-7-17(2)15-8/h5,7,9H,3-4,6,13H2,1-2H3. The van der Waals surface area contributed by atoms with Gasteiger partial charge >= 0.3 is 0 Å². The van der Waals surface area contributed by atoms with E-state index in [1.165, 1.54) is 0 Å². The van der Waals surface area contributed by atoms with E-state index in [-0.39, 0.29) is 11.5 Å². The van der Waals surface area contributed by atoms with Gasteiger partial charge in [0.25, 0.3) is 0 Å². The van der Waals surface area contributed by atoms with Gasteiger partial charge in [-0.3, -0.25) is 4.68 Å². The smallest absolute Gasteiger partial charge is 0.234 e. The second kappa shape index (κ2) is 3.91. The van der Waals surface area contributed by atoms with Crippen LogP contribution >= 0.6 is 0 Å². The van der Waals surface area contributed by atoms with Gasteiger partial charge in [-0.05, 0) is 25.8 Å². The number of aryl methyl sites for hydroxylation is 1. The lowest BCUT2D eigenvalue weighted by Gasteiger charge is -2.23. The van der Waals surface area contributed by atoms with Crippen LogP contribution in [0.5, 0.6) is 0 Å². The number of nitrogens with two attached hydrogens (primary N) is 1. The van der Waals surface area contributed by atoms with Gasteiger partial charge in [0, 0.05) is 19.3 Å². The molecular formula is C12H17N5O. The molecule has 1 aliphatic rings. The molecule has 2 N–H and O–H groups in total. The minimum absolute atomic E-state index is 0.0922.